The third kappa shape index (κ3) is 7.06. The highest BCUT2D eigenvalue weighted by atomic mass is 19.4. The van der Waals surface area contributed by atoms with E-state index >= 15 is 4.39 Å². The molecule has 1 aliphatic rings. The van der Waals surface area contributed by atoms with Crippen LogP contribution < -0.4 is 14.2 Å². The first-order chi connectivity index (χ1) is 19.7. The fourth-order valence-corrected chi connectivity index (χ4v) is 5.32. The first kappa shape index (κ1) is 30.9. The van der Waals surface area contributed by atoms with E-state index in [9.17, 15) is 27.9 Å². The first-order valence-corrected chi connectivity index (χ1v) is 13.8. The number of amides is 1. The second kappa shape index (κ2) is 12.5. The summed E-state index contributed by atoms with van der Waals surface area (Å²) in [6, 6.07) is 5.55. The fourth-order valence-electron chi connectivity index (χ4n) is 5.32. The summed E-state index contributed by atoms with van der Waals surface area (Å²) < 4.78 is 64.6. The molecule has 0 spiro atoms. The Labute approximate surface area is 241 Å². The van der Waals surface area contributed by atoms with Crippen molar-refractivity contribution in [2.45, 2.75) is 65.1 Å². The van der Waals surface area contributed by atoms with Gasteiger partial charge in [0.2, 0.25) is 11.8 Å². The molecule has 1 saturated carbocycles. The number of benzene rings is 1. The van der Waals surface area contributed by atoms with Gasteiger partial charge in [0, 0.05) is 48.3 Å². The summed E-state index contributed by atoms with van der Waals surface area (Å²) in [5, 5.41) is 9.97. The third-order valence-electron chi connectivity index (χ3n) is 7.49. The van der Waals surface area contributed by atoms with Gasteiger partial charge >= 0.3 is 12.1 Å². The maximum absolute atomic E-state index is 15.4. The summed E-state index contributed by atoms with van der Waals surface area (Å²) in [7, 11) is 1.79. The smallest absolute Gasteiger partial charge is 0.421 e. The minimum atomic E-state index is -4.88. The van der Waals surface area contributed by atoms with E-state index in [1.165, 1.54) is 11.1 Å². The van der Waals surface area contributed by atoms with Crippen LogP contribution in [0.5, 0.6) is 11.6 Å². The van der Waals surface area contributed by atoms with Crippen LogP contribution in [0.15, 0.2) is 48.9 Å². The SMILES string of the molecule is CC1CCC(C(=O)N(c2cc(F)c(Oc3ncc(Cc4ccc[n+](C)c4)cc3C(F)(F)F)cc2C(=O)O)C(C)C)CC1. The molecule has 11 heteroatoms. The molecule has 0 atom stereocenters. The zero-order chi connectivity index (χ0) is 30.8. The van der Waals surface area contributed by atoms with Gasteiger partial charge in [0.1, 0.15) is 12.6 Å². The molecule has 1 amide bonds. The van der Waals surface area contributed by atoms with Gasteiger partial charge in [-0.15, -0.1) is 0 Å². The van der Waals surface area contributed by atoms with Crippen LogP contribution in [-0.4, -0.2) is 28.0 Å². The van der Waals surface area contributed by atoms with Crippen molar-refractivity contribution in [3.05, 3.63) is 77.0 Å². The molecule has 0 radical (unpaired) electrons. The van der Waals surface area contributed by atoms with Crippen molar-refractivity contribution < 1.29 is 41.6 Å². The zero-order valence-corrected chi connectivity index (χ0v) is 23.9. The summed E-state index contributed by atoms with van der Waals surface area (Å²) in [6.45, 7) is 5.48. The lowest BCUT2D eigenvalue weighted by Crippen LogP contribution is -2.43. The van der Waals surface area contributed by atoms with Crippen LogP contribution in [0.4, 0.5) is 23.2 Å². The van der Waals surface area contributed by atoms with E-state index in [0.29, 0.717) is 18.8 Å². The number of carbonyl (C=O) groups excluding carboxylic acids is 1. The van der Waals surface area contributed by atoms with Gasteiger partial charge in [0.15, 0.2) is 24.0 Å². The van der Waals surface area contributed by atoms with Gasteiger partial charge in [-0.2, -0.15) is 13.2 Å². The van der Waals surface area contributed by atoms with E-state index in [4.69, 9.17) is 4.74 Å². The molecule has 0 aliphatic heterocycles. The molecule has 1 fully saturated rings. The van der Waals surface area contributed by atoms with Crippen molar-refractivity contribution >= 4 is 17.6 Å². The molecule has 0 unspecified atom stereocenters. The Bertz CT molecular complexity index is 1470. The third-order valence-corrected chi connectivity index (χ3v) is 7.49. The highest BCUT2D eigenvalue weighted by molar-refractivity contribution is 6.03. The van der Waals surface area contributed by atoms with Crippen LogP contribution in [0, 0.1) is 17.7 Å². The van der Waals surface area contributed by atoms with Crippen molar-refractivity contribution in [3.8, 4) is 11.6 Å². The van der Waals surface area contributed by atoms with Crippen LogP contribution in [0.25, 0.3) is 0 Å². The van der Waals surface area contributed by atoms with Gasteiger partial charge in [-0.1, -0.05) is 6.92 Å². The van der Waals surface area contributed by atoms with Crippen LogP contribution in [0.2, 0.25) is 0 Å². The standard InChI is InChI=1S/C31H33F4N3O4/c1-18(2)38(29(39)22-9-7-19(3)8-10-22)26-15-25(32)27(14-23(26)30(40)41)42-28-24(31(33,34)35)13-21(16-36-28)12-20-6-5-11-37(4)17-20/h5-6,11,13-19,22H,7-10,12H2,1-4H3/p+1. The van der Waals surface area contributed by atoms with E-state index in [-0.39, 0.29) is 29.5 Å². The number of nitrogens with zero attached hydrogens (tertiary/aromatic N) is 3. The van der Waals surface area contributed by atoms with Crippen molar-refractivity contribution in [1.29, 1.82) is 0 Å². The average molecular weight is 589 g/mol. The monoisotopic (exact) mass is 588 g/mol. The molecular formula is C31H34F4N3O4+. The van der Waals surface area contributed by atoms with Crippen LogP contribution in [0.3, 0.4) is 0 Å². The molecule has 2 aromatic heterocycles. The number of anilines is 1. The number of hydrogen-bond donors (Lipinski definition) is 1. The van der Waals surface area contributed by atoms with E-state index in [1.54, 1.807) is 50.0 Å². The molecule has 0 bridgehead atoms. The summed E-state index contributed by atoms with van der Waals surface area (Å²) in [5.41, 5.74) is -0.873. The Kier molecular flexibility index (Phi) is 9.18. The summed E-state index contributed by atoms with van der Waals surface area (Å²) in [6.07, 6.45) is 3.02. The molecule has 2 heterocycles. The van der Waals surface area contributed by atoms with E-state index in [1.807, 2.05) is 0 Å². The molecule has 0 saturated heterocycles. The first-order valence-electron chi connectivity index (χ1n) is 13.8. The lowest BCUT2D eigenvalue weighted by atomic mass is 9.82. The predicted molar refractivity (Wildman–Crippen MR) is 147 cm³/mol. The molecular weight excluding hydrogens is 554 g/mol. The predicted octanol–water partition coefficient (Wildman–Crippen LogP) is 6.71. The minimum Gasteiger partial charge on any atom is -0.478 e. The normalized spacial score (nSPS) is 17.3. The van der Waals surface area contributed by atoms with Crippen LogP contribution in [-0.2, 0) is 24.4 Å². The molecule has 1 aliphatic carbocycles. The van der Waals surface area contributed by atoms with Crippen molar-refractivity contribution in [3.63, 3.8) is 0 Å². The molecule has 42 heavy (non-hydrogen) atoms. The number of carboxylic acids is 1. The Hall–Kier alpha value is -4.02. The fraction of sp³-hybridized carbons (Fsp3) is 0.419. The lowest BCUT2D eigenvalue weighted by Gasteiger charge is -2.34. The Balaban J connectivity index is 1.69. The number of halogens is 4. The van der Waals surface area contributed by atoms with Crippen molar-refractivity contribution in [2.75, 3.05) is 4.90 Å². The maximum atomic E-state index is 15.4. The van der Waals surface area contributed by atoms with Gasteiger partial charge in [0.25, 0.3) is 0 Å². The Morgan fingerprint density at radius 2 is 1.83 bits per heavy atom. The van der Waals surface area contributed by atoms with Gasteiger partial charge in [-0.05, 0) is 63.1 Å². The molecule has 1 aromatic carbocycles. The topological polar surface area (TPSA) is 83.6 Å². The molecule has 7 nitrogen and oxygen atoms in total. The molecule has 1 N–H and O–H groups in total. The summed E-state index contributed by atoms with van der Waals surface area (Å²) in [5.74, 6) is -4.44. The zero-order valence-electron chi connectivity index (χ0n) is 23.9. The number of aromatic carboxylic acids is 1. The van der Waals surface area contributed by atoms with Crippen LogP contribution >= 0.6 is 0 Å². The number of aromatic nitrogens is 2. The number of ether oxygens (including phenoxy) is 1. The molecule has 224 valence electrons. The lowest BCUT2D eigenvalue weighted by molar-refractivity contribution is -0.671. The van der Waals surface area contributed by atoms with Crippen molar-refractivity contribution in [2.24, 2.45) is 18.9 Å². The number of carbonyl (C=O) groups is 2. The number of pyridine rings is 2. The minimum absolute atomic E-state index is 0.163. The number of alkyl halides is 3. The summed E-state index contributed by atoms with van der Waals surface area (Å²) >= 11 is 0. The number of carboxylic acid groups (broad SMARTS) is 1. The van der Waals surface area contributed by atoms with E-state index < -0.39 is 46.8 Å². The highest BCUT2D eigenvalue weighted by Crippen LogP contribution is 2.40. The number of hydrogen-bond acceptors (Lipinski definition) is 4. The van der Waals surface area contributed by atoms with Gasteiger partial charge in [-0.3, -0.25) is 4.79 Å². The van der Waals surface area contributed by atoms with Crippen LogP contribution in [0.1, 0.15) is 73.5 Å². The average Bonchev–Trinajstić information content (AvgIpc) is 2.90. The van der Waals surface area contributed by atoms with Gasteiger partial charge < -0.3 is 14.7 Å². The maximum Gasteiger partial charge on any atom is 0.421 e. The highest BCUT2D eigenvalue weighted by Gasteiger charge is 2.37. The molecule has 3 aromatic rings. The summed E-state index contributed by atoms with van der Waals surface area (Å²) in [4.78, 5) is 30.8. The van der Waals surface area contributed by atoms with Crippen molar-refractivity contribution in [1.82, 2.24) is 4.98 Å². The van der Waals surface area contributed by atoms with Gasteiger partial charge in [-0.25, -0.2) is 18.7 Å². The Morgan fingerprint density at radius 1 is 1.14 bits per heavy atom. The largest absolute Gasteiger partial charge is 0.478 e. The second-order valence-corrected chi connectivity index (χ2v) is 11.2. The quantitative estimate of drug-likeness (QED) is 0.234. The Morgan fingerprint density at radius 3 is 2.43 bits per heavy atom. The molecule has 4 rings (SSSR count). The van der Waals surface area contributed by atoms with Gasteiger partial charge in [0.05, 0.1) is 11.3 Å². The van der Waals surface area contributed by atoms with E-state index in [2.05, 4.69) is 11.9 Å². The van der Waals surface area contributed by atoms with E-state index in [0.717, 1.165) is 36.6 Å². The number of aryl methyl sites for hydroxylation is 1. The second-order valence-electron chi connectivity index (χ2n) is 11.2. The number of rotatable bonds is 8.